The molecule has 0 aromatic carbocycles. The van der Waals surface area contributed by atoms with Crippen LogP contribution in [0.1, 0.15) is 0 Å². The second kappa shape index (κ2) is 4.06. The van der Waals surface area contributed by atoms with E-state index in [-0.39, 0.29) is 0 Å². The topological polar surface area (TPSA) is 0 Å². The third-order valence-corrected chi connectivity index (χ3v) is 0.325. The minimum atomic E-state index is 0.472. The SMILES string of the molecule is C[B]C[B]F. The highest BCUT2D eigenvalue weighted by atomic mass is 19.1. The molecule has 0 aromatic rings. The van der Waals surface area contributed by atoms with Crippen LogP contribution < -0.4 is 0 Å². The molecular formula is C2H5B2F. The van der Waals surface area contributed by atoms with E-state index in [9.17, 15) is 4.32 Å². The van der Waals surface area contributed by atoms with Crippen molar-refractivity contribution in [1.82, 2.24) is 0 Å². The second-order valence-electron chi connectivity index (χ2n) is 0.798. The normalized spacial score (nSPS) is 6.80. The largest absolute Gasteiger partial charge is 0.346 e. The Labute approximate surface area is 33.3 Å². The summed E-state index contributed by atoms with van der Waals surface area (Å²) in [5.41, 5.74) is 0. The molecule has 0 atom stereocenters. The molecule has 0 nitrogen and oxygen atoms in total. The van der Waals surface area contributed by atoms with Crippen molar-refractivity contribution in [2.24, 2.45) is 0 Å². The van der Waals surface area contributed by atoms with Gasteiger partial charge in [-0.1, -0.05) is 13.0 Å². The predicted octanol–water partition coefficient (Wildman–Crippen LogP) is 0.703. The average molecular weight is 69.7 g/mol. The van der Waals surface area contributed by atoms with Crippen molar-refractivity contribution in [1.29, 1.82) is 0 Å². The van der Waals surface area contributed by atoms with E-state index in [4.69, 9.17) is 0 Å². The van der Waals surface area contributed by atoms with Crippen LogP contribution in [0.4, 0.5) is 4.32 Å². The van der Waals surface area contributed by atoms with Gasteiger partial charge in [-0.05, 0) is 0 Å². The van der Waals surface area contributed by atoms with Crippen LogP contribution in [0.25, 0.3) is 0 Å². The zero-order valence-corrected chi connectivity index (χ0v) is 3.24. The Morgan fingerprint density at radius 1 is 1.80 bits per heavy atom. The molecule has 3 heteroatoms. The Morgan fingerprint density at radius 3 is 2.40 bits per heavy atom. The molecule has 0 unspecified atom stereocenters. The smallest absolute Gasteiger partial charge is 0.344 e. The molecule has 0 heterocycles. The molecule has 0 saturated carbocycles. The number of hydrogen-bond acceptors (Lipinski definition) is 0. The molecule has 0 amide bonds. The Bertz CT molecular complexity index is 15.1. The van der Waals surface area contributed by atoms with Gasteiger partial charge in [-0.3, -0.25) is 0 Å². The van der Waals surface area contributed by atoms with Crippen molar-refractivity contribution in [2.75, 3.05) is 0 Å². The summed E-state index contributed by atoms with van der Waals surface area (Å²) >= 11 is 0. The molecule has 2 radical (unpaired) electrons. The Hall–Kier alpha value is 0.0599. The quantitative estimate of drug-likeness (QED) is 0.419. The zero-order chi connectivity index (χ0) is 4.12. The minimum Gasteiger partial charge on any atom is -0.344 e. The van der Waals surface area contributed by atoms with Crippen LogP contribution in [-0.2, 0) is 0 Å². The van der Waals surface area contributed by atoms with Gasteiger partial charge in [-0.25, -0.2) is 0 Å². The van der Waals surface area contributed by atoms with Crippen LogP contribution in [0.2, 0.25) is 13.0 Å². The van der Waals surface area contributed by atoms with Crippen molar-refractivity contribution in [3.8, 4) is 0 Å². The van der Waals surface area contributed by atoms with E-state index in [0.717, 1.165) is 0 Å². The lowest BCUT2D eigenvalue weighted by atomic mass is 9.66. The molecule has 5 heavy (non-hydrogen) atoms. The Morgan fingerprint density at radius 2 is 2.40 bits per heavy atom. The van der Waals surface area contributed by atoms with Gasteiger partial charge in [-0.2, -0.15) is 0 Å². The van der Waals surface area contributed by atoms with Crippen molar-refractivity contribution in [3.05, 3.63) is 0 Å². The first-order valence-corrected chi connectivity index (χ1v) is 1.61. The standard InChI is InChI=1S/C2H5B2F/c1-3-2-4-5/h2H2,1H3. The highest BCUT2D eigenvalue weighted by Crippen LogP contribution is 1.70. The molecule has 0 aliphatic carbocycles. The molecular weight excluding hydrogens is 64.6 g/mol. The highest BCUT2D eigenvalue weighted by Gasteiger charge is 1.80. The minimum absolute atomic E-state index is 0.472. The summed E-state index contributed by atoms with van der Waals surface area (Å²) in [4.78, 5) is 0. The van der Waals surface area contributed by atoms with Gasteiger partial charge in [0, 0.05) is 0 Å². The van der Waals surface area contributed by atoms with Gasteiger partial charge in [-0.15, -0.1) is 0 Å². The average Bonchev–Trinajstić information content (AvgIpc) is 1.41. The highest BCUT2D eigenvalue weighted by molar-refractivity contribution is 6.51. The van der Waals surface area contributed by atoms with E-state index in [1.807, 2.05) is 6.82 Å². The monoisotopic (exact) mass is 70.1 g/mol. The Kier molecular flexibility index (Phi) is 4.11. The van der Waals surface area contributed by atoms with E-state index >= 15 is 0 Å². The first kappa shape index (κ1) is 5.06. The summed E-state index contributed by atoms with van der Waals surface area (Å²) in [5, 5.41) is 0. The van der Waals surface area contributed by atoms with Gasteiger partial charge in [0.2, 0.25) is 0 Å². The molecule has 0 saturated heterocycles. The van der Waals surface area contributed by atoms with E-state index in [1.165, 1.54) is 0 Å². The first-order valence-electron chi connectivity index (χ1n) is 1.61. The van der Waals surface area contributed by atoms with Crippen molar-refractivity contribution < 1.29 is 4.32 Å². The van der Waals surface area contributed by atoms with Gasteiger partial charge in [0.15, 0.2) is 0 Å². The van der Waals surface area contributed by atoms with Crippen molar-refractivity contribution in [3.63, 3.8) is 0 Å². The van der Waals surface area contributed by atoms with Crippen LogP contribution in [-0.4, -0.2) is 14.8 Å². The van der Waals surface area contributed by atoms with E-state index in [0.29, 0.717) is 13.8 Å². The van der Waals surface area contributed by atoms with Crippen LogP contribution >= 0.6 is 0 Å². The molecule has 0 rings (SSSR count). The van der Waals surface area contributed by atoms with Crippen LogP contribution in [0.5, 0.6) is 0 Å². The number of rotatable bonds is 2. The van der Waals surface area contributed by atoms with Gasteiger partial charge in [0.25, 0.3) is 0 Å². The van der Waals surface area contributed by atoms with E-state index in [1.54, 1.807) is 7.28 Å². The van der Waals surface area contributed by atoms with Crippen molar-refractivity contribution >= 4 is 14.8 Å². The Balaban J connectivity index is 2.19. The first-order chi connectivity index (χ1) is 2.41. The third-order valence-electron chi connectivity index (χ3n) is 0.325. The lowest BCUT2D eigenvalue weighted by molar-refractivity contribution is 0.873. The van der Waals surface area contributed by atoms with Crippen LogP contribution in [0, 0.1) is 0 Å². The molecule has 26 valence electrons. The second-order valence-corrected chi connectivity index (χ2v) is 0.798. The summed E-state index contributed by atoms with van der Waals surface area (Å²) in [6, 6.07) is 0. The fraction of sp³-hybridized carbons (Fsp3) is 1.00. The van der Waals surface area contributed by atoms with Gasteiger partial charge in [0.1, 0.15) is 0 Å². The van der Waals surface area contributed by atoms with Gasteiger partial charge in [0.05, 0.1) is 7.28 Å². The van der Waals surface area contributed by atoms with Crippen LogP contribution in [0.15, 0.2) is 0 Å². The summed E-state index contributed by atoms with van der Waals surface area (Å²) in [6.07, 6.45) is 0.472. The summed E-state index contributed by atoms with van der Waals surface area (Å²) in [7, 11) is 2.38. The lowest BCUT2D eigenvalue weighted by Gasteiger charge is -1.69. The molecule has 0 aliphatic heterocycles. The summed E-state index contributed by atoms with van der Waals surface area (Å²) in [5.74, 6) is 0. The molecule has 0 spiro atoms. The number of halogens is 1. The van der Waals surface area contributed by atoms with Crippen LogP contribution in [0.3, 0.4) is 0 Å². The summed E-state index contributed by atoms with van der Waals surface area (Å²) in [6.45, 7) is 1.82. The molecule has 0 aromatic heterocycles. The van der Waals surface area contributed by atoms with Gasteiger partial charge >= 0.3 is 7.56 Å². The molecule has 0 fully saturated rings. The van der Waals surface area contributed by atoms with Gasteiger partial charge < -0.3 is 4.32 Å². The zero-order valence-electron chi connectivity index (χ0n) is 3.24. The molecule has 0 aliphatic rings. The third kappa shape index (κ3) is 4.06. The van der Waals surface area contributed by atoms with E-state index < -0.39 is 0 Å². The maximum Gasteiger partial charge on any atom is 0.346 e. The fourth-order valence-electron chi connectivity index (χ4n) is 0.0891. The number of hydrogen-bond donors (Lipinski definition) is 0. The maximum absolute atomic E-state index is 10.8. The summed E-state index contributed by atoms with van der Waals surface area (Å²) < 4.78 is 10.8. The van der Waals surface area contributed by atoms with E-state index in [2.05, 4.69) is 0 Å². The fourth-order valence-corrected chi connectivity index (χ4v) is 0.0891. The predicted molar refractivity (Wildman–Crippen MR) is 23.3 cm³/mol. The molecule has 0 bridgehead atoms. The lowest BCUT2D eigenvalue weighted by Crippen LogP contribution is -1.83. The molecule has 0 N–H and O–H groups in total. The van der Waals surface area contributed by atoms with Crippen molar-refractivity contribution in [2.45, 2.75) is 13.0 Å². The maximum atomic E-state index is 10.8.